The highest BCUT2D eigenvalue weighted by Crippen LogP contribution is 2.18. The third-order valence-corrected chi connectivity index (χ3v) is 5.23. The van der Waals surface area contributed by atoms with Crippen molar-refractivity contribution in [2.24, 2.45) is 5.73 Å². The van der Waals surface area contributed by atoms with Crippen LogP contribution in [-0.2, 0) is 19.6 Å². The summed E-state index contributed by atoms with van der Waals surface area (Å²) in [5, 5.41) is 0. The number of rotatable bonds is 7. The van der Waals surface area contributed by atoms with Crippen molar-refractivity contribution in [2.75, 3.05) is 0 Å². The van der Waals surface area contributed by atoms with Gasteiger partial charge in [0.05, 0.1) is 10.5 Å². The number of hydrogen-bond donors (Lipinski definition) is 2. The van der Waals surface area contributed by atoms with E-state index >= 15 is 0 Å². The highest BCUT2D eigenvalue weighted by molar-refractivity contribution is 7.89. The molecule has 0 radical (unpaired) electrons. The van der Waals surface area contributed by atoms with Crippen LogP contribution in [0, 0.1) is 0 Å². The maximum atomic E-state index is 12.6. The molecule has 2 aromatic rings. The van der Waals surface area contributed by atoms with Crippen molar-refractivity contribution < 1.29 is 22.7 Å². The van der Waals surface area contributed by atoms with Gasteiger partial charge in [-0.1, -0.05) is 36.4 Å². The fraction of sp³-hybridized carbons (Fsp3) is 0.222. The van der Waals surface area contributed by atoms with Crippen molar-refractivity contribution in [1.82, 2.24) is 4.72 Å². The van der Waals surface area contributed by atoms with Crippen LogP contribution in [0.5, 0.6) is 0 Å². The zero-order chi connectivity index (χ0) is 19.3. The minimum absolute atomic E-state index is 0.00772. The number of nitrogens with two attached hydrogens (primary N) is 1. The van der Waals surface area contributed by atoms with Crippen LogP contribution in [0.3, 0.4) is 0 Å². The first kappa shape index (κ1) is 19.6. The summed E-state index contributed by atoms with van der Waals surface area (Å²) in [4.78, 5) is 22.9. The van der Waals surface area contributed by atoms with Crippen molar-refractivity contribution in [2.45, 2.75) is 30.9 Å². The second-order valence-electron chi connectivity index (χ2n) is 5.73. The second kappa shape index (κ2) is 8.11. The number of carbonyl (C=O) groups is 2. The van der Waals surface area contributed by atoms with Gasteiger partial charge in [-0.3, -0.25) is 4.79 Å². The van der Waals surface area contributed by atoms with Gasteiger partial charge >= 0.3 is 5.97 Å². The van der Waals surface area contributed by atoms with Gasteiger partial charge in [-0.2, -0.15) is 0 Å². The normalized spacial score (nSPS) is 13.6. The summed E-state index contributed by atoms with van der Waals surface area (Å²) in [7, 11) is -3.86. The summed E-state index contributed by atoms with van der Waals surface area (Å²) in [5.74, 6) is -1.62. The van der Waals surface area contributed by atoms with E-state index in [4.69, 9.17) is 10.5 Å². The molecule has 2 aromatic carbocycles. The number of sulfonamides is 1. The molecule has 0 aliphatic carbocycles. The van der Waals surface area contributed by atoms with E-state index in [9.17, 15) is 18.0 Å². The number of benzene rings is 2. The topological polar surface area (TPSA) is 116 Å². The van der Waals surface area contributed by atoms with Gasteiger partial charge in [-0.15, -0.1) is 0 Å². The molecule has 0 unspecified atom stereocenters. The van der Waals surface area contributed by atoms with Crippen LogP contribution in [-0.4, -0.2) is 26.4 Å². The lowest BCUT2D eigenvalue weighted by Crippen LogP contribution is -2.30. The molecule has 0 saturated heterocycles. The second-order valence-corrected chi connectivity index (χ2v) is 7.45. The zero-order valence-corrected chi connectivity index (χ0v) is 15.2. The lowest BCUT2D eigenvalue weighted by atomic mass is 10.1. The summed E-state index contributed by atoms with van der Waals surface area (Å²) in [5.41, 5.74) is 5.86. The van der Waals surface area contributed by atoms with Gasteiger partial charge in [0.25, 0.3) is 5.91 Å². The molecular formula is C18H20N2O5S. The monoisotopic (exact) mass is 376 g/mol. The van der Waals surface area contributed by atoms with Crippen LogP contribution in [0.2, 0.25) is 0 Å². The number of carbonyl (C=O) groups excluding carboxylic acids is 2. The Morgan fingerprint density at radius 1 is 1.04 bits per heavy atom. The molecule has 3 N–H and O–H groups in total. The van der Waals surface area contributed by atoms with E-state index in [0.717, 1.165) is 5.56 Å². The number of ether oxygens (including phenoxy) is 1. The highest BCUT2D eigenvalue weighted by Gasteiger charge is 2.21. The number of amides is 1. The first-order valence-corrected chi connectivity index (χ1v) is 9.36. The van der Waals surface area contributed by atoms with Crippen molar-refractivity contribution in [3.05, 3.63) is 65.7 Å². The molecule has 0 saturated carbocycles. The molecule has 0 aromatic heterocycles. The van der Waals surface area contributed by atoms with E-state index < -0.39 is 34.0 Å². The molecule has 8 heteroatoms. The fourth-order valence-corrected chi connectivity index (χ4v) is 3.46. The lowest BCUT2D eigenvalue weighted by molar-refractivity contribution is -0.125. The molecule has 1 amide bonds. The highest BCUT2D eigenvalue weighted by atomic mass is 32.2. The van der Waals surface area contributed by atoms with Gasteiger partial charge in [0, 0.05) is 6.04 Å². The predicted octanol–water partition coefficient (Wildman–Crippen LogP) is 1.76. The van der Waals surface area contributed by atoms with Crippen LogP contribution in [0.1, 0.15) is 35.8 Å². The van der Waals surface area contributed by atoms with E-state index in [1.54, 1.807) is 6.92 Å². The van der Waals surface area contributed by atoms with Crippen LogP contribution in [0.4, 0.5) is 0 Å². The van der Waals surface area contributed by atoms with Crippen LogP contribution < -0.4 is 10.5 Å². The zero-order valence-electron chi connectivity index (χ0n) is 14.4. The number of nitrogens with one attached hydrogen (secondary N) is 1. The summed E-state index contributed by atoms with van der Waals surface area (Å²) in [6.45, 7) is 3.06. The van der Waals surface area contributed by atoms with Crippen molar-refractivity contribution in [3.63, 3.8) is 0 Å². The number of hydrogen-bond acceptors (Lipinski definition) is 5. The summed E-state index contributed by atoms with van der Waals surface area (Å²) < 4.78 is 32.6. The SMILES string of the molecule is C[C@H](OC(=O)c1cccc(S(=O)(=O)N[C@H](C)c2ccccc2)c1)C(N)=O. The van der Waals surface area contributed by atoms with Gasteiger partial charge in [0.2, 0.25) is 10.0 Å². The third kappa shape index (κ3) is 4.90. The molecular weight excluding hydrogens is 356 g/mol. The molecule has 2 rings (SSSR count). The first-order chi connectivity index (χ1) is 12.2. The Hall–Kier alpha value is -2.71. The molecule has 26 heavy (non-hydrogen) atoms. The Morgan fingerprint density at radius 3 is 2.31 bits per heavy atom. The van der Waals surface area contributed by atoms with Gasteiger partial charge in [0.15, 0.2) is 6.10 Å². The Balaban J connectivity index is 2.20. The average molecular weight is 376 g/mol. The Labute approximate surface area is 152 Å². The average Bonchev–Trinajstić information content (AvgIpc) is 2.62. The maximum Gasteiger partial charge on any atom is 0.338 e. The van der Waals surface area contributed by atoms with E-state index in [2.05, 4.69) is 4.72 Å². The minimum Gasteiger partial charge on any atom is -0.449 e. The molecule has 7 nitrogen and oxygen atoms in total. The first-order valence-electron chi connectivity index (χ1n) is 7.88. The molecule has 0 fully saturated rings. The molecule has 0 aliphatic heterocycles. The minimum atomic E-state index is -3.86. The van der Waals surface area contributed by atoms with E-state index in [0.29, 0.717) is 0 Å². The van der Waals surface area contributed by atoms with E-state index in [-0.39, 0.29) is 10.5 Å². The molecule has 138 valence electrons. The van der Waals surface area contributed by atoms with Crippen molar-refractivity contribution in [1.29, 1.82) is 0 Å². The van der Waals surface area contributed by atoms with Crippen LogP contribution >= 0.6 is 0 Å². The summed E-state index contributed by atoms with van der Waals surface area (Å²) in [6.07, 6.45) is -1.11. The smallest absolute Gasteiger partial charge is 0.338 e. The molecule has 0 heterocycles. The quantitative estimate of drug-likeness (QED) is 0.714. The maximum absolute atomic E-state index is 12.6. The van der Waals surface area contributed by atoms with Crippen molar-refractivity contribution >= 4 is 21.9 Å². The Bertz CT molecular complexity index is 897. The van der Waals surface area contributed by atoms with Crippen molar-refractivity contribution in [3.8, 4) is 0 Å². The van der Waals surface area contributed by atoms with Gasteiger partial charge in [-0.05, 0) is 37.6 Å². The molecule has 0 bridgehead atoms. The van der Waals surface area contributed by atoms with Gasteiger partial charge in [0.1, 0.15) is 0 Å². The van der Waals surface area contributed by atoms with E-state index in [1.807, 2.05) is 30.3 Å². The largest absolute Gasteiger partial charge is 0.449 e. The van der Waals surface area contributed by atoms with E-state index in [1.165, 1.54) is 31.2 Å². The standard InChI is InChI=1S/C18H20N2O5S/c1-12(14-7-4-3-5-8-14)20-26(23,24)16-10-6-9-15(11-16)18(22)25-13(2)17(19)21/h3-13,20H,1-2H3,(H2,19,21)/t12-,13+/m1/s1. The van der Waals surface area contributed by atoms with Crippen LogP contribution in [0.15, 0.2) is 59.5 Å². The van der Waals surface area contributed by atoms with Gasteiger partial charge < -0.3 is 10.5 Å². The predicted molar refractivity (Wildman–Crippen MR) is 95.7 cm³/mol. The molecule has 0 aliphatic rings. The Kier molecular flexibility index (Phi) is 6.12. The molecule has 2 atom stereocenters. The number of esters is 1. The summed E-state index contributed by atoms with van der Waals surface area (Å²) in [6, 6.07) is 14.0. The summed E-state index contributed by atoms with van der Waals surface area (Å²) >= 11 is 0. The number of primary amides is 1. The Morgan fingerprint density at radius 2 is 1.69 bits per heavy atom. The fourth-order valence-electron chi connectivity index (χ4n) is 2.19. The lowest BCUT2D eigenvalue weighted by Gasteiger charge is -2.15. The third-order valence-electron chi connectivity index (χ3n) is 3.70. The molecule has 0 spiro atoms. The van der Waals surface area contributed by atoms with Gasteiger partial charge in [-0.25, -0.2) is 17.9 Å². The van der Waals surface area contributed by atoms with Crippen LogP contribution in [0.25, 0.3) is 0 Å².